The Kier molecular flexibility index (Phi) is 3.61. The zero-order chi connectivity index (χ0) is 14.1. The molecule has 3 rings (SSSR count). The topological polar surface area (TPSA) is 55.6 Å². The van der Waals surface area contributed by atoms with Gasteiger partial charge in [-0.05, 0) is 18.9 Å². The van der Waals surface area contributed by atoms with Gasteiger partial charge in [-0.1, -0.05) is 30.4 Å². The Morgan fingerprint density at radius 1 is 1.30 bits per heavy atom. The Balaban J connectivity index is 1.68. The van der Waals surface area contributed by atoms with Gasteiger partial charge in [0.25, 0.3) is 0 Å². The molecule has 2 aliphatic rings. The standard InChI is InChI=1S/C15H18N2O2S/c16-14(20)10-5-7-17(8-6-10)15(18)12-9-19-13-4-2-1-3-11(12)13/h1-4,10,12H,5-9H2,(H2,16,20). The number of para-hydroxylation sites is 1. The third-order valence-corrected chi connectivity index (χ3v) is 4.54. The van der Waals surface area contributed by atoms with E-state index in [1.165, 1.54) is 0 Å². The highest BCUT2D eigenvalue weighted by molar-refractivity contribution is 7.80. The second-order valence-electron chi connectivity index (χ2n) is 5.40. The fraction of sp³-hybridized carbons (Fsp3) is 0.467. The zero-order valence-corrected chi connectivity index (χ0v) is 12.1. The molecule has 1 saturated heterocycles. The maximum absolute atomic E-state index is 12.6. The number of likely N-dealkylation sites (tertiary alicyclic amines) is 1. The van der Waals surface area contributed by atoms with Crippen molar-refractivity contribution in [2.45, 2.75) is 18.8 Å². The number of fused-ring (bicyclic) bond motifs is 1. The van der Waals surface area contributed by atoms with E-state index in [-0.39, 0.29) is 17.7 Å². The summed E-state index contributed by atoms with van der Waals surface area (Å²) in [5, 5.41) is 0. The quantitative estimate of drug-likeness (QED) is 0.842. The van der Waals surface area contributed by atoms with Gasteiger partial charge in [0.2, 0.25) is 5.91 Å². The minimum absolute atomic E-state index is 0.160. The highest BCUT2D eigenvalue weighted by Gasteiger charge is 2.34. The number of carbonyl (C=O) groups excluding carboxylic acids is 1. The molecule has 2 heterocycles. The Bertz CT molecular complexity index is 538. The van der Waals surface area contributed by atoms with E-state index < -0.39 is 0 Å². The van der Waals surface area contributed by atoms with Crippen LogP contribution in [0.25, 0.3) is 0 Å². The third-order valence-electron chi connectivity index (χ3n) is 4.21. The molecule has 0 spiro atoms. The number of ether oxygens (including phenoxy) is 1. The lowest BCUT2D eigenvalue weighted by atomic mass is 9.94. The van der Waals surface area contributed by atoms with Crippen LogP contribution in [-0.2, 0) is 4.79 Å². The van der Waals surface area contributed by atoms with Crippen LogP contribution < -0.4 is 10.5 Å². The minimum Gasteiger partial charge on any atom is -0.492 e. The van der Waals surface area contributed by atoms with Crippen molar-refractivity contribution in [2.24, 2.45) is 11.7 Å². The van der Waals surface area contributed by atoms with Gasteiger partial charge in [0.15, 0.2) is 0 Å². The van der Waals surface area contributed by atoms with E-state index in [2.05, 4.69) is 0 Å². The SMILES string of the molecule is NC(=S)C1CCN(C(=O)C2COc3ccccc32)CC1. The van der Waals surface area contributed by atoms with Crippen molar-refractivity contribution in [3.8, 4) is 5.75 Å². The summed E-state index contributed by atoms with van der Waals surface area (Å²) >= 11 is 5.03. The number of carbonyl (C=O) groups is 1. The number of nitrogens with zero attached hydrogens (tertiary/aromatic N) is 1. The summed E-state index contributed by atoms with van der Waals surface area (Å²) in [6.07, 6.45) is 1.74. The van der Waals surface area contributed by atoms with E-state index in [1.807, 2.05) is 29.2 Å². The smallest absolute Gasteiger partial charge is 0.233 e. The van der Waals surface area contributed by atoms with E-state index >= 15 is 0 Å². The van der Waals surface area contributed by atoms with Gasteiger partial charge >= 0.3 is 0 Å². The van der Waals surface area contributed by atoms with E-state index in [0.717, 1.165) is 37.2 Å². The molecule has 0 aromatic heterocycles. The van der Waals surface area contributed by atoms with Crippen molar-refractivity contribution in [2.75, 3.05) is 19.7 Å². The van der Waals surface area contributed by atoms with E-state index in [9.17, 15) is 4.79 Å². The summed E-state index contributed by atoms with van der Waals surface area (Å²) < 4.78 is 5.59. The summed E-state index contributed by atoms with van der Waals surface area (Å²) in [5.41, 5.74) is 6.69. The molecule has 2 N–H and O–H groups in total. The zero-order valence-electron chi connectivity index (χ0n) is 11.2. The molecule has 0 saturated carbocycles. The van der Waals surface area contributed by atoms with Gasteiger partial charge in [0, 0.05) is 24.6 Å². The van der Waals surface area contributed by atoms with Crippen LogP contribution in [0.4, 0.5) is 0 Å². The van der Waals surface area contributed by atoms with Crippen LogP contribution in [0.5, 0.6) is 5.75 Å². The van der Waals surface area contributed by atoms with Crippen molar-refractivity contribution >= 4 is 23.1 Å². The van der Waals surface area contributed by atoms with Gasteiger partial charge in [-0.2, -0.15) is 0 Å². The summed E-state index contributed by atoms with van der Waals surface area (Å²) in [6.45, 7) is 1.92. The lowest BCUT2D eigenvalue weighted by molar-refractivity contribution is -0.134. The molecule has 106 valence electrons. The monoisotopic (exact) mass is 290 g/mol. The lowest BCUT2D eigenvalue weighted by Crippen LogP contribution is -2.43. The fourth-order valence-electron chi connectivity index (χ4n) is 2.97. The molecule has 1 aromatic carbocycles. The molecule has 0 radical (unpaired) electrons. The lowest BCUT2D eigenvalue weighted by Gasteiger charge is -2.32. The van der Waals surface area contributed by atoms with Gasteiger partial charge in [-0.3, -0.25) is 4.79 Å². The van der Waals surface area contributed by atoms with Crippen molar-refractivity contribution < 1.29 is 9.53 Å². The molecule has 2 aliphatic heterocycles. The number of piperidine rings is 1. The number of thiocarbonyl (C=S) groups is 1. The van der Waals surface area contributed by atoms with E-state index in [4.69, 9.17) is 22.7 Å². The van der Waals surface area contributed by atoms with Gasteiger partial charge in [0.1, 0.15) is 18.3 Å². The first kappa shape index (κ1) is 13.4. The Hall–Kier alpha value is -1.62. The van der Waals surface area contributed by atoms with Gasteiger partial charge in [-0.25, -0.2) is 0 Å². The highest BCUT2D eigenvalue weighted by Crippen LogP contribution is 2.35. The van der Waals surface area contributed by atoms with Crippen LogP contribution >= 0.6 is 12.2 Å². The fourth-order valence-corrected chi connectivity index (χ4v) is 3.21. The summed E-state index contributed by atoms with van der Waals surface area (Å²) in [6, 6.07) is 7.78. The average Bonchev–Trinajstić information content (AvgIpc) is 2.90. The van der Waals surface area contributed by atoms with E-state index in [0.29, 0.717) is 11.6 Å². The normalized spacial score (nSPS) is 22.2. The first-order valence-corrected chi connectivity index (χ1v) is 7.37. The van der Waals surface area contributed by atoms with Gasteiger partial charge in [-0.15, -0.1) is 0 Å². The number of hydrogen-bond donors (Lipinski definition) is 1. The molecule has 0 bridgehead atoms. The van der Waals surface area contributed by atoms with Crippen LogP contribution in [0.3, 0.4) is 0 Å². The molecular weight excluding hydrogens is 272 g/mol. The maximum atomic E-state index is 12.6. The summed E-state index contributed by atoms with van der Waals surface area (Å²) in [7, 11) is 0. The predicted molar refractivity (Wildman–Crippen MR) is 80.8 cm³/mol. The molecule has 1 amide bonds. The second kappa shape index (κ2) is 5.40. The number of amides is 1. The van der Waals surface area contributed by atoms with E-state index in [1.54, 1.807) is 0 Å². The molecule has 4 nitrogen and oxygen atoms in total. The second-order valence-corrected chi connectivity index (χ2v) is 5.87. The highest BCUT2D eigenvalue weighted by atomic mass is 32.1. The predicted octanol–water partition coefficient (Wildman–Crippen LogP) is 1.69. The van der Waals surface area contributed by atoms with Crippen molar-refractivity contribution in [3.63, 3.8) is 0 Å². The molecule has 5 heteroatoms. The van der Waals surface area contributed by atoms with Crippen LogP contribution in [-0.4, -0.2) is 35.5 Å². The third kappa shape index (κ3) is 2.38. The molecule has 1 unspecified atom stereocenters. The molecule has 0 aliphatic carbocycles. The number of nitrogens with two attached hydrogens (primary N) is 1. The van der Waals surface area contributed by atoms with Crippen LogP contribution in [0.1, 0.15) is 24.3 Å². The van der Waals surface area contributed by atoms with Crippen LogP contribution in [0.15, 0.2) is 24.3 Å². The Labute approximate surface area is 123 Å². The van der Waals surface area contributed by atoms with Crippen LogP contribution in [0.2, 0.25) is 0 Å². The molecule has 1 atom stereocenters. The number of benzene rings is 1. The largest absolute Gasteiger partial charge is 0.492 e. The molecule has 1 fully saturated rings. The van der Waals surface area contributed by atoms with Crippen molar-refractivity contribution in [3.05, 3.63) is 29.8 Å². The van der Waals surface area contributed by atoms with Crippen molar-refractivity contribution in [1.82, 2.24) is 4.90 Å². The van der Waals surface area contributed by atoms with Gasteiger partial charge in [0.05, 0.1) is 4.99 Å². The number of hydrogen-bond acceptors (Lipinski definition) is 3. The number of rotatable bonds is 2. The summed E-state index contributed by atoms with van der Waals surface area (Å²) in [4.78, 5) is 15.1. The maximum Gasteiger partial charge on any atom is 0.233 e. The molecule has 20 heavy (non-hydrogen) atoms. The average molecular weight is 290 g/mol. The Morgan fingerprint density at radius 3 is 2.70 bits per heavy atom. The van der Waals surface area contributed by atoms with Crippen LogP contribution in [0, 0.1) is 5.92 Å². The minimum atomic E-state index is -0.160. The molecule has 1 aromatic rings. The Morgan fingerprint density at radius 2 is 2.00 bits per heavy atom. The van der Waals surface area contributed by atoms with Gasteiger partial charge < -0.3 is 15.4 Å². The molecular formula is C15H18N2O2S. The summed E-state index contributed by atoms with van der Waals surface area (Å²) in [5.74, 6) is 1.12. The van der Waals surface area contributed by atoms with Crippen molar-refractivity contribution in [1.29, 1.82) is 0 Å². The first-order valence-electron chi connectivity index (χ1n) is 6.96. The first-order chi connectivity index (χ1) is 9.66.